The maximum atomic E-state index is 12.5. The molecule has 0 saturated carbocycles. The third-order valence-electron chi connectivity index (χ3n) is 4.00. The van der Waals surface area contributed by atoms with Gasteiger partial charge >= 0.3 is 0 Å². The molecule has 2 aromatic rings. The van der Waals surface area contributed by atoms with Gasteiger partial charge in [0.2, 0.25) is 10.0 Å². The fourth-order valence-corrected chi connectivity index (χ4v) is 4.29. The fraction of sp³-hybridized carbons (Fsp3) is 0.368. The Bertz CT molecular complexity index is 802. The molecule has 0 heterocycles. The zero-order chi connectivity index (χ0) is 18.4. The second-order valence-electron chi connectivity index (χ2n) is 6.19. The van der Waals surface area contributed by atoms with Crippen LogP contribution in [0.15, 0.2) is 51.8 Å². The molecule has 0 aliphatic carbocycles. The van der Waals surface area contributed by atoms with E-state index in [9.17, 15) is 8.42 Å². The molecule has 0 fully saturated rings. The number of aryl methyl sites for hydroxylation is 1. The number of rotatable bonds is 8. The van der Waals surface area contributed by atoms with Crippen molar-refractivity contribution in [3.05, 3.63) is 58.1 Å². The van der Waals surface area contributed by atoms with Gasteiger partial charge in [0.25, 0.3) is 0 Å². The third-order valence-corrected chi connectivity index (χ3v) is 5.97. The number of hydrogen-bond donors (Lipinski definition) is 1. The monoisotopic (exact) mass is 425 g/mol. The second-order valence-corrected chi connectivity index (χ2v) is 8.84. The molecule has 0 bridgehead atoms. The molecule has 4 nitrogen and oxygen atoms in total. The summed E-state index contributed by atoms with van der Waals surface area (Å²) in [6.07, 6.45) is 1.56. The van der Waals surface area contributed by atoms with Gasteiger partial charge in [0.15, 0.2) is 0 Å². The Hall–Kier alpha value is -1.37. The number of hydrogen-bond acceptors (Lipinski definition) is 3. The molecule has 6 heteroatoms. The van der Waals surface area contributed by atoms with Gasteiger partial charge in [0, 0.05) is 11.0 Å². The summed E-state index contributed by atoms with van der Waals surface area (Å²) < 4.78 is 33.5. The molecule has 136 valence electrons. The van der Waals surface area contributed by atoms with Crippen molar-refractivity contribution in [1.29, 1.82) is 0 Å². The standard InChI is InChI=1S/C19H24BrNO3S/c1-14(2)16-8-6-15(7-9-16)5-4-12-21-25(22,23)19-13-17(20)10-11-18(19)24-3/h6-11,13-14,21H,4-5,12H2,1-3H3. The van der Waals surface area contributed by atoms with Crippen molar-refractivity contribution in [1.82, 2.24) is 4.72 Å². The molecule has 0 radical (unpaired) electrons. The molecule has 0 unspecified atom stereocenters. The van der Waals surface area contributed by atoms with Gasteiger partial charge in [0.1, 0.15) is 10.6 Å². The predicted octanol–water partition coefficient (Wildman–Crippen LogP) is 4.49. The van der Waals surface area contributed by atoms with E-state index in [0.717, 1.165) is 12.8 Å². The van der Waals surface area contributed by atoms with Crippen LogP contribution in [0.4, 0.5) is 0 Å². The highest BCUT2D eigenvalue weighted by Gasteiger charge is 2.19. The zero-order valence-corrected chi connectivity index (χ0v) is 17.2. The fourth-order valence-electron chi connectivity index (χ4n) is 2.51. The number of nitrogens with one attached hydrogen (secondary N) is 1. The summed E-state index contributed by atoms with van der Waals surface area (Å²) in [5, 5.41) is 0. The lowest BCUT2D eigenvalue weighted by atomic mass is 10.0. The Labute approximate surface area is 158 Å². The average Bonchev–Trinajstić information content (AvgIpc) is 2.59. The van der Waals surface area contributed by atoms with Crippen LogP contribution in [0.1, 0.15) is 37.3 Å². The van der Waals surface area contributed by atoms with Gasteiger partial charge in [-0.1, -0.05) is 54.0 Å². The Morgan fingerprint density at radius 3 is 2.40 bits per heavy atom. The molecule has 25 heavy (non-hydrogen) atoms. The van der Waals surface area contributed by atoms with Crippen LogP contribution in [0.3, 0.4) is 0 Å². The van der Waals surface area contributed by atoms with Crippen LogP contribution in [0.25, 0.3) is 0 Å². The number of ether oxygens (including phenoxy) is 1. The van der Waals surface area contributed by atoms with E-state index >= 15 is 0 Å². The first-order valence-corrected chi connectivity index (χ1v) is 10.5. The number of benzene rings is 2. The van der Waals surface area contributed by atoms with Crippen LogP contribution in [0.2, 0.25) is 0 Å². The lowest BCUT2D eigenvalue weighted by Gasteiger charge is -2.11. The summed E-state index contributed by atoms with van der Waals surface area (Å²) >= 11 is 3.30. The Morgan fingerprint density at radius 1 is 1.12 bits per heavy atom. The van der Waals surface area contributed by atoms with Gasteiger partial charge in [-0.05, 0) is 48.1 Å². The molecule has 0 saturated heterocycles. The van der Waals surface area contributed by atoms with Gasteiger partial charge in [-0.3, -0.25) is 0 Å². The van der Waals surface area contributed by atoms with Crippen molar-refractivity contribution in [2.24, 2.45) is 0 Å². The lowest BCUT2D eigenvalue weighted by Crippen LogP contribution is -2.25. The third kappa shape index (κ3) is 5.56. The van der Waals surface area contributed by atoms with E-state index in [4.69, 9.17) is 4.74 Å². The molecule has 0 spiro atoms. The average molecular weight is 426 g/mol. The first kappa shape index (κ1) is 19.9. The van der Waals surface area contributed by atoms with E-state index in [1.165, 1.54) is 18.2 Å². The number of halogens is 1. The molecule has 2 rings (SSSR count). The lowest BCUT2D eigenvalue weighted by molar-refractivity contribution is 0.402. The molecular weight excluding hydrogens is 402 g/mol. The summed E-state index contributed by atoms with van der Waals surface area (Å²) in [5.41, 5.74) is 2.52. The molecule has 0 aliphatic rings. The van der Waals surface area contributed by atoms with Gasteiger partial charge in [-0.2, -0.15) is 0 Å². The van der Waals surface area contributed by atoms with E-state index in [2.05, 4.69) is 58.8 Å². The summed E-state index contributed by atoms with van der Waals surface area (Å²) in [6, 6.07) is 13.4. The minimum Gasteiger partial charge on any atom is -0.495 e. The first-order valence-electron chi connectivity index (χ1n) is 8.25. The molecule has 1 N–H and O–H groups in total. The predicted molar refractivity (Wildman–Crippen MR) is 105 cm³/mol. The second kappa shape index (κ2) is 8.83. The van der Waals surface area contributed by atoms with Crippen LogP contribution < -0.4 is 9.46 Å². The van der Waals surface area contributed by atoms with Crippen molar-refractivity contribution >= 4 is 26.0 Å². The molecule has 2 aromatic carbocycles. The van der Waals surface area contributed by atoms with Crippen molar-refractivity contribution in [3.8, 4) is 5.75 Å². The first-order chi connectivity index (χ1) is 11.8. The summed E-state index contributed by atoms with van der Waals surface area (Å²) in [5.74, 6) is 0.848. The largest absolute Gasteiger partial charge is 0.495 e. The van der Waals surface area contributed by atoms with Crippen molar-refractivity contribution in [3.63, 3.8) is 0 Å². The molecule has 0 atom stereocenters. The normalized spacial score (nSPS) is 11.7. The quantitative estimate of drug-likeness (QED) is 0.633. The van der Waals surface area contributed by atoms with Crippen molar-refractivity contribution < 1.29 is 13.2 Å². The van der Waals surface area contributed by atoms with Crippen LogP contribution >= 0.6 is 15.9 Å². The van der Waals surface area contributed by atoms with Crippen LogP contribution in [-0.4, -0.2) is 22.1 Å². The molecule has 0 aromatic heterocycles. The van der Waals surface area contributed by atoms with E-state index in [1.807, 2.05) is 0 Å². The van der Waals surface area contributed by atoms with Gasteiger partial charge in [0.05, 0.1) is 7.11 Å². The highest BCUT2D eigenvalue weighted by Crippen LogP contribution is 2.27. The van der Waals surface area contributed by atoms with Crippen LogP contribution in [0, 0.1) is 0 Å². The van der Waals surface area contributed by atoms with Gasteiger partial charge < -0.3 is 4.74 Å². The SMILES string of the molecule is COc1ccc(Br)cc1S(=O)(=O)NCCCc1ccc(C(C)C)cc1. The maximum absolute atomic E-state index is 12.5. The van der Waals surface area contributed by atoms with Crippen LogP contribution in [-0.2, 0) is 16.4 Å². The van der Waals surface area contributed by atoms with E-state index in [1.54, 1.807) is 18.2 Å². The maximum Gasteiger partial charge on any atom is 0.244 e. The van der Waals surface area contributed by atoms with Crippen molar-refractivity contribution in [2.45, 2.75) is 37.5 Å². The topological polar surface area (TPSA) is 55.4 Å². The highest BCUT2D eigenvalue weighted by atomic mass is 79.9. The zero-order valence-electron chi connectivity index (χ0n) is 14.8. The van der Waals surface area contributed by atoms with Gasteiger partial charge in [-0.15, -0.1) is 0 Å². The van der Waals surface area contributed by atoms with E-state index in [-0.39, 0.29) is 4.90 Å². The summed E-state index contributed by atoms with van der Waals surface area (Å²) in [4.78, 5) is 0.144. The smallest absolute Gasteiger partial charge is 0.244 e. The summed E-state index contributed by atoms with van der Waals surface area (Å²) in [6.45, 7) is 4.71. The molecular formula is C19H24BrNO3S. The Kier molecular flexibility index (Phi) is 7.04. The number of methoxy groups -OCH3 is 1. The molecule has 0 amide bonds. The number of sulfonamides is 1. The summed E-state index contributed by atoms with van der Waals surface area (Å²) in [7, 11) is -2.14. The van der Waals surface area contributed by atoms with Crippen LogP contribution in [0.5, 0.6) is 5.75 Å². The highest BCUT2D eigenvalue weighted by molar-refractivity contribution is 9.10. The van der Waals surface area contributed by atoms with E-state index in [0.29, 0.717) is 22.7 Å². The minimum absolute atomic E-state index is 0.144. The minimum atomic E-state index is -3.60. The van der Waals surface area contributed by atoms with Gasteiger partial charge in [-0.25, -0.2) is 13.1 Å². The molecule has 0 aliphatic heterocycles. The van der Waals surface area contributed by atoms with Crippen molar-refractivity contribution in [2.75, 3.05) is 13.7 Å². The Balaban J connectivity index is 1.93. The Morgan fingerprint density at radius 2 is 1.80 bits per heavy atom. The van der Waals surface area contributed by atoms with E-state index < -0.39 is 10.0 Å².